The fourth-order valence-corrected chi connectivity index (χ4v) is 1.88. The molecule has 0 atom stereocenters. The Balaban J connectivity index is 2.28. The number of rotatable bonds is 4. The number of hydrogen-bond donors (Lipinski definition) is 4. The van der Waals surface area contributed by atoms with Gasteiger partial charge in [0, 0.05) is 12.0 Å². The Morgan fingerprint density at radius 2 is 1.81 bits per heavy atom. The Bertz CT molecular complexity index is 274. The standard InChI is InChI=1S/C9H15N3O4/c13-5-10-12-8(14)6-1-3-7(4-2-6)11-9(15)16/h5-7,11H,1-4H2,(H,10,13)(H,12,14)(H,15,16)/t6-,7-. The Labute approximate surface area is 92.6 Å². The molecule has 0 spiro atoms. The largest absolute Gasteiger partial charge is 0.465 e. The van der Waals surface area contributed by atoms with Gasteiger partial charge >= 0.3 is 6.09 Å². The number of hydrogen-bond acceptors (Lipinski definition) is 3. The quantitative estimate of drug-likeness (QED) is 0.388. The van der Waals surface area contributed by atoms with Gasteiger partial charge in [-0.2, -0.15) is 0 Å². The highest BCUT2D eigenvalue weighted by Crippen LogP contribution is 2.24. The molecule has 1 rings (SSSR count). The van der Waals surface area contributed by atoms with Crippen LogP contribution in [-0.4, -0.2) is 29.6 Å². The molecular formula is C9H15N3O4. The zero-order valence-corrected chi connectivity index (χ0v) is 8.73. The summed E-state index contributed by atoms with van der Waals surface area (Å²) in [5, 5.41) is 10.9. The molecular weight excluding hydrogens is 214 g/mol. The van der Waals surface area contributed by atoms with E-state index >= 15 is 0 Å². The number of carboxylic acid groups (broad SMARTS) is 1. The predicted molar refractivity (Wildman–Crippen MR) is 54.2 cm³/mol. The van der Waals surface area contributed by atoms with Crippen LogP contribution in [0.15, 0.2) is 0 Å². The zero-order valence-electron chi connectivity index (χ0n) is 8.73. The molecule has 7 heteroatoms. The molecule has 4 N–H and O–H groups in total. The van der Waals surface area contributed by atoms with E-state index in [-0.39, 0.29) is 17.9 Å². The summed E-state index contributed by atoms with van der Waals surface area (Å²) in [5.41, 5.74) is 4.36. The maximum absolute atomic E-state index is 11.4. The average molecular weight is 229 g/mol. The van der Waals surface area contributed by atoms with Crippen molar-refractivity contribution < 1.29 is 19.5 Å². The van der Waals surface area contributed by atoms with E-state index in [1.807, 2.05) is 0 Å². The second-order valence-corrected chi connectivity index (χ2v) is 3.75. The normalized spacial score (nSPS) is 24.2. The van der Waals surface area contributed by atoms with E-state index in [9.17, 15) is 14.4 Å². The van der Waals surface area contributed by atoms with Gasteiger partial charge in [-0.25, -0.2) is 4.79 Å². The van der Waals surface area contributed by atoms with Crippen LogP contribution in [0.5, 0.6) is 0 Å². The highest BCUT2D eigenvalue weighted by atomic mass is 16.4. The molecule has 90 valence electrons. The molecule has 0 heterocycles. The first-order chi connectivity index (χ1) is 7.63. The van der Waals surface area contributed by atoms with E-state index in [2.05, 4.69) is 16.2 Å². The van der Waals surface area contributed by atoms with Crippen molar-refractivity contribution in [1.29, 1.82) is 0 Å². The first-order valence-corrected chi connectivity index (χ1v) is 5.12. The summed E-state index contributed by atoms with van der Waals surface area (Å²) < 4.78 is 0. The fraction of sp³-hybridized carbons (Fsp3) is 0.667. The monoisotopic (exact) mass is 229 g/mol. The van der Waals surface area contributed by atoms with Crippen LogP contribution in [-0.2, 0) is 9.59 Å². The lowest BCUT2D eigenvalue weighted by Crippen LogP contribution is -2.44. The Morgan fingerprint density at radius 1 is 1.19 bits per heavy atom. The van der Waals surface area contributed by atoms with Crippen LogP contribution in [0.2, 0.25) is 0 Å². The van der Waals surface area contributed by atoms with Gasteiger partial charge in [0.05, 0.1) is 0 Å². The average Bonchev–Trinajstić information content (AvgIpc) is 2.26. The lowest BCUT2D eigenvalue weighted by atomic mass is 9.85. The maximum atomic E-state index is 11.4. The number of carbonyl (C=O) groups is 3. The van der Waals surface area contributed by atoms with Crippen molar-refractivity contribution in [3.8, 4) is 0 Å². The van der Waals surface area contributed by atoms with E-state index in [1.54, 1.807) is 0 Å². The molecule has 0 radical (unpaired) electrons. The molecule has 7 nitrogen and oxygen atoms in total. The van der Waals surface area contributed by atoms with Gasteiger partial charge in [-0.1, -0.05) is 0 Å². The molecule has 0 bridgehead atoms. The van der Waals surface area contributed by atoms with Gasteiger partial charge in [0.2, 0.25) is 12.3 Å². The minimum absolute atomic E-state index is 0.0689. The van der Waals surface area contributed by atoms with Crippen molar-refractivity contribution in [2.45, 2.75) is 31.7 Å². The number of amides is 3. The van der Waals surface area contributed by atoms with E-state index < -0.39 is 6.09 Å². The second-order valence-electron chi connectivity index (χ2n) is 3.75. The first-order valence-electron chi connectivity index (χ1n) is 5.12. The van der Waals surface area contributed by atoms with Crippen LogP contribution in [0, 0.1) is 5.92 Å². The summed E-state index contributed by atoms with van der Waals surface area (Å²) in [5.74, 6) is -0.375. The predicted octanol–water partition coefficient (Wildman–Crippen LogP) is -0.410. The second kappa shape index (κ2) is 5.94. The van der Waals surface area contributed by atoms with Crippen molar-refractivity contribution >= 4 is 18.4 Å². The molecule has 0 aromatic carbocycles. The highest BCUT2D eigenvalue weighted by Gasteiger charge is 2.26. The van der Waals surface area contributed by atoms with Gasteiger partial charge in [0.25, 0.3) is 0 Å². The molecule has 1 aliphatic carbocycles. The number of nitrogens with one attached hydrogen (secondary N) is 3. The number of hydrazine groups is 1. The van der Waals surface area contributed by atoms with Crippen LogP contribution in [0.3, 0.4) is 0 Å². The third-order valence-corrected chi connectivity index (χ3v) is 2.68. The highest BCUT2D eigenvalue weighted by molar-refractivity contribution is 5.79. The van der Waals surface area contributed by atoms with Gasteiger partial charge in [-0.3, -0.25) is 20.4 Å². The molecule has 1 aliphatic rings. The Morgan fingerprint density at radius 3 is 2.31 bits per heavy atom. The van der Waals surface area contributed by atoms with Crippen molar-refractivity contribution in [1.82, 2.24) is 16.2 Å². The lowest BCUT2D eigenvalue weighted by Gasteiger charge is -2.27. The molecule has 0 aliphatic heterocycles. The van der Waals surface area contributed by atoms with Crippen LogP contribution in [0.1, 0.15) is 25.7 Å². The van der Waals surface area contributed by atoms with Gasteiger partial charge in [-0.15, -0.1) is 0 Å². The van der Waals surface area contributed by atoms with Gasteiger partial charge < -0.3 is 10.4 Å². The molecule has 0 unspecified atom stereocenters. The molecule has 1 saturated carbocycles. The molecule has 16 heavy (non-hydrogen) atoms. The van der Waals surface area contributed by atoms with Crippen LogP contribution in [0.25, 0.3) is 0 Å². The lowest BCUT2D eigenvalue weighted by molar-refractivity contribution is -0.129. The van der Waals surface area contributed by atoms with E-state index in [1.165, 1.54) is 0 Å². The SMILES string of the molecule is O=CNNC(=O)[C@H]1CC[C@H](NC(=O)O)CC1. The minimum Gasteiger partial charge on any atom is -0.465 e. The van der Waals surface area contributed by atoms with Crippen LogP contribution >= 0.6 is 0 Å². The van der Waals surface area contributed by atoms with Crippen molar-refractivity contribution in [3.63, 3.8) is 0 Å². The minimum atomic E-state index is -1.03. The third-order valence-electron chi connectivity index (χ3n) is 2.68. The van der Waals surface area contributed by atoms with Gasteiger partial charge in [0.15, 0.2) is 0 Å². The first kappa shape index (κ1) is 12.3. The smallest absolute Gasteiger partial charge is 0.404 e. The molecule has 0 aromatic rings. The summed E-state index contributed by atoms with van der Waals surface area (Å²) in [6.45, 7) is 0. The number of carbonyl (C=O) groups excluding carboxylic acids is 2. The van der Waals surface area contributed by atoms with Gasteiger partial charge in [-0.05, 0) is 25.7 Å². The summed E-state index contributed by atoms with van der Waals surface area (Å²) in [4.78, 5) is 31.8. The topological polar surface area (TPSA) is 108 Å². The van der Waals surface area contributed by atoms with E-state index in [4.69, 9.17) is 5.11 Å². The summed E-state index contributed by atoms with van der Waals surface area (Å²) >= 11 is 0. The molecule has 3 amide bonds. The summed E-state index contributed by atoms with van der Waals surface area (Å²) in [6, 6.07) is -0.0689. The van der Waals surface area contributed by atoms with E-state index in [0.717, 1.165) is 0 Å². The third kappa shape index (κ3) is 3.76. The van der Waals surface area contributed by atoms with E-state index in [0.29, 0.717) is 32.1 Å². The molecule has 0 saturated heterocycles. The van der Waals surface area contributed by atoms with Gasteiger partial charge in [0.1, 0.15) is 0 Å². The fourth-order valence-electron chi connectivity index (χ4n) is 1.88. The summed E-state index contributed by atoms with van der Waals surface area (Å²) in [7, 11) is 0. The van der Waals surface area contributed by atoms with Crippen molar-refractivity contribution in [2.24, 2.45) is 5.92 Å². The Hall–Kier alpha value is -1.79. The van der Waals surface area contributed by atoms with Crippen LogP contribution in [0.4, 0.5) is 4.79 Å². The van der Waals surface area contributed by atoms with Crippen molar-refractivity contribution in [3.05, 3.63) is 0 Å². The van der Waals surface area contributed by atoms with Crippen LogP contribution < -0.4 is 16.2 Å². The zero-order chi connectivity index (χ0) is 12.0. The van der Waals surface area contributed by atoms with Crippen molar-refractivity contribution in [2.75, 3.05) is 0 Å². The molecule has 1 fully saturated rings. The summed E-state index contributed by atoms with van der Waals surface area (Å²) in [6.07, 6.45) is 1.90. The Kier molecular flexibility index (Phi) is 4.56. The molecule has 0 aromatic heterocycles. The maximum Gasteiger partial charge on any atom is 0.404 e.